The number of oxime groups is 1. The summed E-state index contributed by atoms with van der Waals surface area (Å²) in [5.74, 6) is -0.278. The first-order chi connectivity index (χ1) is 9.11. The van der Waals surface area contributed by atoms with Crippen LogP contribution in [0.4, 0.5) is 0 Å². The minimum Gasteiger partial charge on any atom is -0.409 e. The van der Waals surface area contributed by atoms with Crippen LogP contribution in [0.5, 0.6) is 0 Å². The molecule has 0 bridgehead atoms. The van der Waals surface area contributed by atoms with Gasteiger partial charge < -0.3 is 21.2 Å². The molecule has 5 N–H and O–H groups in total. The van der Waals surface area contributed by atoms with Crippen molar-refractivity contribution < 1.29 is 10.0 Å². The Bertz CT molecular complexity index is 532. The lowest BCUT2D eigenvalue weighted by molar-refractivity contribution is 0.0933. The van der Waals surface area contributed by atoms with Crippen LogP contribution < -0.4 is 16.6 Å². The lowest BCUT2D eigenvalue weighted by Gasteiger charge is -2.19. The molecule has 0 saturated heterocycles. The Balaban J connectivity index is 2.06. The van der Waals surface area contributed by atoms with Gasteiger partial charge in [-0.25, -0.2) is 0 Å². The lowest BCUT2D eigenvalue weighted by Crippen LogP contribution is -2.42. The number of nitrogens with two attached hydrogens (primary N) is 1. The average Bonchev–Trinajstić information content (AvgIpc) is 2.86. The standard InChI is InChI=1S/C12H16N4O3/c13-11(16-19)8-2-1-3-9(8)15-12(18)7-4-5-10(17)14-6-7/h4-6,8-9,19H,1-3H2,(H2,13,16)(H,14,17)(H,15,18). The maximum absolute atomic E-state index is 12.0. The van der Waals surface area contributed by atoms with Crippen LogP contribution in [0.3, 0.4) is 0 Å². The average molecular weight is 264 g/mol. The van der Waals surface area contributed by atoms with Crippen molar-refractivity contribution in [2.45, 2.75) is 25.3 Å². The molecule has 0 aromatic carbocycles. The molecule has 1 saturated carbocycles. The van der Waals surface area contributed by atoms with E-state index in [0.717, 1.165) is 19.3 Å². The number of hydrogen-bond donors (Lipinski definition) is 4. The highest BCUT2D eigenvalue weighted by atomic mass is 16.4. The Hall–Kier alpha value is -2.31. The second-order valence-corrected chi connectivity index (χ2v) is 4.58. The number of H-pyrrole nitrogens is 1. The molecular weight excluding hydrogens is 248 g/mol. The van der Waals surface area contributed by atoms with E-state index in [0.29, 0.717) is 5.56 Å². The van der Waals surface area contributed by atoms with Gasteiger partial charge in [0.05, 0.1) is 5.56 Å². The van der Waals surface area contributed by atoms with Gasteiger partial charge in [0.15, 0.2) is 0 Å². The summed E-state index contributed by atoms with van der Waals surface area (Å²) in [5.41, 5.74) is 5.73. The third-order valence-corrected chi connectivity index (χ3v) is 3.37. The first-order valence-corrected chi connectivity index (χ1v) is 6.09. The molecule has 2 rings (SSSR count). The zero-order valence-electron chi connectivity index (χ0n) is 10.3. The molecule has 2 unspecified atom stereocenters. The van der Waals surface area contributed by atoms with Gasteiger partial charge >= 0.3 is 0 Å². The summed E-state index contributed by atoms with van der Waals surface area (Å²) >= 11 is 0. The number of carbonyl (C=O) groups is 1. The predicted octanol–water partition coefficient (Wildman–Crippen LogP) is 0.0198. The minimum absolute atomic E-state index is 0.142. The molecule has 0 spiro atoms. The molecule has 1 aliphatic carbocycles. The molecule has 7 nitrogen and oxygen atoms in total. The third-order valence-electron chi connectivity index (χ3n) is 3.37. The van der Waals surface area contributed by atoms with E-state index in [1.807, 2.05) is 0 Å². The molecule has 0 radical (unpaired) electrons. The number of hydrogen-bond acceptors (Lipinski definition) is 4. The summed E-state index contributed by atoms with van der Waals surface area (Å²) < 4.78 is 0. The highest BCUT2D eigenvalue weighted by Gasteiger charge is 2.31. The van der Waals surface area contributed by atoms with E-state index in [2.05, 4.69) is 15.5 Å². The smallest absolute Gasteiger partial charge is 0.253 e. The van der Waals surface area contributed by atoms with Crippen molar-refractivity contribution >= 4 is 11.7 Å². The molecule has 1 heterocycles. The van der Waals surface area contributed by atoms with Gasteiger partial charge in [0, 0.05) is 24.2 Å². The molecule has 7 heteroatoms. The molecule has 0 aliphatic heterocycles. The highest BCUT2D eigenvalue weighted by Crippen LogP contribution is 2.26. The number of aromatic amines is 1. The molecule has 1 fully saturated rings. The molecule has 1 aliphatic rings. The predicted molar refractivity (Wildman–Crippen MR) is 69.1 cm³/mol. The van der Waals surface area contributed by atoms with Crippen molar-refractivity contribution in [3.8, 4) is 0 Å². The number of carbonyl (C=O) groups excluding carboxylic acids is 1. The van der Waals surface area contributed by atoms with E-state index < -0.39 is 0 Å². The van der Waals surface area contributed by atoms with E-state index in [9.17, 15) is 9.59 Å². The van der Waals surface area contributed by atoms with Crippen molar-refractivity contribution in [3.05, 3.63) is 34.2 Å². The number of nitrogens with zero attached hydrogens (tertiary/aromatic N) is 1. The van der Waals surface area contributed by atoms with Crippen LogP contribution in [0.15, 0.2) is 28.3 Å². The van der Waals surface area contributed by atoms with Gasteiger partial charge in [-0.1, -0.05) is 11.6 Å². The quantitative estimate of drug-likeness (QED) is 0.266. The fraction of sp³-hybridized carbons (Fsp3) is 0.417. The van der Waals surface area contributed by atoms with E-state index in [4.69, 9.17) is 10.9 Å². The van der Waals surface area contributed by atoms with Gasteiger partial charge in [0.1, 0.15) is 5.84 Å². The topological polar surface area (TPSA) is 121 Å². The molecule has 102 valence electrons. The van der Waals surface area contributed by atoms with Crippen LogP contribution in [-0.2, 0) is 0 Å². The van der Waals surface area contributed by atoms with E-state index in [1.54, 1.807) is 0 Å². The molecule has 1 aromatic heterocycles. The first kappa shape index (κ1) is 13.1. The number of rotatable bonds is 3. The Labute approximate surface area is 109 Å². The molecule has 19 heavy (non-hydrogen) atoms. The van der Waals surface area contributed by atoms with Crippen LogP contribution >= 0.6 is 0 Å². The van der Waals surface area contributed by atoms with Crippen molar-refractivity contribution in [2.24, 2.45) is 16.8 Å². The van der Waals surface area contributed by atoms with Crippen LogP contribution in [0.25, 0.3) is 0 Å². The molecule has 1 amide bonds. The van der Waals surface area contributed by atoms with Crippen molar-refractivity contribution in [1.82, 2.24) is 10.3 Å². The van der Waals surface area contributed by atoms with Crippen LogP contribution in [0.1, 0.15) is 29.6 Å². The number of aromatic nitrogens is 1. The second kappa shape index (κ2) is 5.55. The normalized spacial score (nSPS) is 23.3. The van der Waals surface area contributed by atoms with Crippen LogP contribution in [0, 0.1) is 5.92 Å². The van der Waals surface area contributed by atoms with Gasteiger partial charge in [-0.3, -0.25) is 9.59 Å². The fourth-order valence-corrected chi connectivity index (χ4v) is 2.36. The van der Waals surface area contributed by atoms with Crippen molar-refractivity contribution in [1.29, 1.82) is 0 Å². The van der Waals surface area contributed by atoms with Crippen molar-refractivity contribution in [2.75, 3.05) is 0 Å². The lowest BCUT2D eigenvalue weighted by atomic mass is 10.0. The zero-order chi connectivity index (χ0) is 13.8. The third kappa shape index (κ3) is 2.93. The number of pyridine rings is 1. The number of amides is 1. The fourth-order valence-electron chi connectivity index (χ4n) is 2.36. The summed E-state index contributed by atoms with van der Waals surface area (Å²) in [7, 11) is 0. The van der Waals surface area contributed by atoms with E-state index >= 15 is 0 Å². The second-order valence-electron chi connectivity index (χ2n) is 4.58. The summed E-state index contributed by atoms with van der Waals surface area (Å²) in [6, 6.07) is 2.61. The molecule has 1 aromatic rings. The minimum atomic E-state index is -0.279. The Morgan fingerprint density at radius 3 is 2.89 bits per heavy atom. The maximum Gasteiger partial charge on any atom is 0.253 e. The Morgan fingerprint density at radius 2 is 2.26 bits per heavy atom. The SMILES string of the molecule is N/C(=N/O)C1CCCC1NC(=O)c1ccc(=O)[nH]c1. The Kier molecular flexibility index (Phi) is 3.84. The highest BCUT2D eigenvalue weighted by molar-refractivity contribution is 5.94. The maximum atomic E-state index is 12.0. The van der Waals surface area contributed by atoms with E-state index in [1.165, 1.54) is 18.3 Å². The van der Waals surface area contributed by atoms with Gasteiger partial charge in [0.2, 0.25) is 5.56 Å². The van der Waals surface area contributed by atoms with Gasteiger partial charge in [-0.15, -0.1) is 0 Å². The van der Waals surface area contributed by atoms with Crippen LogP contribution in [0.2, 0.25) is 0 Å². The van der Waals surface area contributed by atoms with Crippen LogP contribution in [-0.4, -0.2) is 28.0 Å². The van der Waals surface area contributed by atoms with Gasteiger partial charge in [-0.05, 0) is 18.9 Å². The first-order valence-electron chi connectivity index (χ1n) is 6.09. The zero-order valence-corrected chi connectivity index (χ0v) is 10.3. The summed E-state index contributed by atoms with van der Waals surface area (Å²) in [6.07, 6.45) is 3.85. The summed E-state index contributed by atoms with van der Waals surface area (Å²) in [5, 5.41) is 14.6. The van der Waals surface area contributed by atoms with Crippen molar-refractivity contribution in [3.63, 3.8) is 0 Å². The largest absolute Gasteiger partial charge is 0.409 e. The monoisotopic (exact) mass is 264 g/mol. The number of amidine groups is 1. The Morgan fingerprint density at radius 1 is 1.47 bits per heavy atom. The van der Waals surface area contributed by atoms with Gasteiger partial charge in [-0.2, -0.15) is 0 Å². The van der Waals surface area contributed by atoms with Gasteiger partial charge in [0.25, 0.3) is 5.91 Å². The molecular formula is C12H16N4O3. The summed E-state index contributed by atoms with van der Waals surface area (Å²) in [4.78, 5) is 25.4. The summed E-state index contributed by atoms with van der Waals surface area (Å²) in [6.45, 7) is 0. The van der Waals surface area contributed by atoms with E-state index in [-0.39, 0.29) is 29.3 Å². The molecule has 2 atom stereocenters. The number of nitrogens with one attached hydrogen (secondary N) is 2.